The molecular weight excluding hydrogens is 367 g/mol. The van der Waals surface area contributed by atoms with Crippen molar-refractivity contribution < 1.29 is 9.18 Å². The number of carbonyl (C=O) groups is 1. The zero-order chi connectivity index (χ0) is 21.0. The Hall–Kier alpha value is -2.50. The van der Waals surface area contributed by atoms with Crippen LogP contribution in [0.1, 0.15) is 62.2 Å². The summed E-state index contributed by atoms with van der Waals surface area (Å²) < 4.78 is 14.3. The van der Waals surface area contributed by atoms with E-state index in [0.29, 0.717) is 31.5 Å². The molecule has 1 fully saturated rings. The minimum Gasteiger partial charge on any atom is -0.353 e. The van der Waals surface area contributed by atoms with Crippen molar-refractivity contribution in [2.75, 3.05) is 31.1 Å². The maximum atomic E-state index is 14.3. The molecule has 0 N–H and O–H groups in total. The lowest BCUT2D eigenvalue weighted by atomic mass is 10.0. The van der Waals surface area contributed by atoms with E-state index in [1.807, 2.05) is 30.9 Å². The molecule has 1 aliphatic heterocycles. The van der Waals surface area contributed by atoms with Crippen molar-refractivity contribution in [1.29, 1.82) is 0 Å². The fourth-order valence-corrected chi connectivity index (χ4v) is 3.70. The van der Waals surface area contributed by atoms with Crippen LogP contribution in [0.4, 0.5) is 10.2 Å². The second-order valence-corrected chi connectivity index (χ2v) is 7.77. The smallest absolute Gasteiger partial charge is 0.222 e. The van der Waals surface area contributed by atoms with Crippen LogP contribution < -0.4 is 4.90 Å². The second kappa shape index (κ2) is 9.33. The number of halogens is 1. The van der Waals surface area contributed by atoms with Crippen molar-refractivity contribution in [3.8, 4) is 0 Å². The summed E-state index contributed by atoms with van der Waals surface area (Å²) in [5, 5.41) is 0. The summed E-state index contributed by atoms with van der Waals surface area (Å²) in [6.07, 6.45) is 1.95. The van der Waals surface area contributed by atoms with Crippen LogP contribution in [0.25, 0.3) is 0 Å². The third-order valence-electron chi connectivity index (χ3n) is 5.82. The van der Waals surface area contributed by atoms with Crippen LogP contribution in [0.15, 0.2) is 24.3 Å². The fourth-order valence-electron chi connectivity index (χ4n) is 3.70. The number of benzene rings is 1. The van der Waals surface area contributed by atoms with E-state index in [1.54, 1.807) is 6.07 Å². The number of nitrogens with zero attached hydrogens (tertiary/aromatic N) is 4. The minimum atomic E-state index is -0.206. The molecule has 5 nitrogen and oxygen atoms in total. The number of aryl methyl sites for hydroxylation is 1. The number of hydrogen-bond acceptors (Lipinski definition) is 4. The van der Waals surface area contributed by atoms with E-state index in [-0.39, 0.29) is 17.6 Å². The monoisotopic (exact) mass is 398 g/mol. The molecule has 0 unspecified atom stereocenters. The predicted octanol–water partition coefficient (Wildman–Crippen LogP) is 4.09. The highest BCUT2D eigenvalue weighted by molar-refractivity contribution is 5.76. The minimum absolute atomic E-state index is 0.190. The summed E-state index contributed by atoms with van der Waals surface area (Å²) in [4.78, 5) is 25.9. The third kappa shape index (κ3) is 4.74. The number of piperazine rings is 1. The SMILES string of the molecule is CCC(=O)N1CCN(c2nc([C@@H](C)CC)nc(C)c2Cc2ccccc2F)CC1. The van der Waals surface area contributed by atoms with Crippen LogP contribution in [0.2, 0.25) is 0 Å². The first kappa shape index (κ1) is 21.2. The van der Waals surface area contributed by atoms with E-state index in [4.69, 9.17) is 9.97 Å². The average molecular weight is 399 g/mol. The molecule has 1 aromatic heterocycles. The van der Waals surface area contributed by atoms with Gasteiger partial charge in [-0.25, -0.2) is 14.4 Å². The van der Waals surface area contributed by atoms with Gasteiger partial charge in [0.1, 0.15) is 17.5 Å². The van der Waals surface area contributed by atoms with Gasteiger partial charge in [-0.15, -0.1) is 0 Å². The van der Waals surface area contributed by atoms with E-state index >= 15 is 0 Å². The summed E-state index contributed by atoms with van der Waals surface area (Å²) in [7, 11) is 0. The molecule has 2 aromatic rings. The van der Waals surface area contributed by atoms with E-state index in [2.05, 4.69) is 18.7 Å². The lowest BCUT2D eigenvalue weighted by molar-refractivity contribution is -0.131. The van der Waals surface area contributed by atoms with Crippen molar-refractivity contribution in [2.45, 2.75) is 52.9 Å². The number of rotatable bonds is 6. The highest BCUT2D eigenvalue weighted by Gasteiger charge is 2.25. The highest BCUT2D eigenvalue weighted by atomic mass is 19.1. The van der Waals surface area contributed by atoms with Crippen molar-refractivity contribution in [1.82, 2.24) is 14.9 Å². The van der Waals surface area contributed by atoms with Gasteiger partial charge in [0, 0.05) is 56.2 Å². The maximum Gasteiger partial charge on any atom is 0.222 e. The molecule has 6 heteroatoms. The van der Waals surface area contributed by atoms with Gasteiger partial charge in [-0.1, -0.05) is 39.0 Å². The van der Waals surface area contributed by atoms with Crippen molar-refractivity contribution in [2.24, 2.45) is 0 Å². The molecule has 0 radical (unpaired) electrons. The highest BCUT2D eigenvalue weighted by Crippen LogP contribution is 2.28. The Labute approximate surface area is 173 Å². The van der Waals surface area contributed by atoms with E-state index < -0.39 is 0 Å². The predicted molar refractivity (Wildman–Crippen MR) is 114 cm³/mol. The molecule has 0 saturated carbocycles. The van der Waals surface area contributed by atoms with Gasteiger partial charge in [0.2, 0.25) is 5.91 Å². The van der Waals surface area contributed by atoms with Gasteiger partial charge in [0.25, 0.3) is 0 Å². The van der Waals surface area contributed by atoms with Gasteiger partial charge in [-0.05, 0) is 25.0 Å². The van der Waals surface area contributed by atoms with Crippen LogP contribution >= 0.6 is 0 Å². The Bertz CT molecular complexity index is 862. The van der Waals surface area contributed by atoms with E-state index in [0.717, 1.165) is 42.4 Å². The van der Waals surface area contributed by atoms with Crippen LogP contribution in [0.5, 0.6) is 0 Å². The molecule has 1 aromatic carbocycles. The van der Waals surface area contributed by atoms with Crippen molar-refractivity contribution >= 4 is 11.7 Å². The van der Waals surface area contributed by atoms with E-state index in [1.165, 1.54) is 6.07 Å². The van der Waals surface area contributed by atoms with Crippen LogP contribution in [-0.4, -0.2) is 47.0 Å². The summed E-state index contributed by atoms with van der Waals surface area (Å²) in [5.74, 6) is 1.97. The zero-order valence-electron chi connectivity index (χ0n) is 17.9. The van der Waals surface area contributed by atoms with Gasteiger partial charge >= 0.3 is 0 Å². The van der Waals surface area contributed by atoms with Crippen LogP contribution in [-0.2, 0) is 11.2 Å². The molecule has 29 heavy (non-hydrogen) atoms. The number of carbonyl (C=O) groups excluding carboxylic acids is 1. The van der Waals surface area contributed by atoms with Crippen LogP contribution in [0, 0.1) is 12.7 Å². The number of amides is 1. The van der Waals surface area contributed by atoms with Gasteiger partial charge < -0.3 is 9.80 Å². The Morgan fingerprint density at radius 2 is 1.83 bits per heavy atom. The molecule has 1 aliphatic rings. The lowest BCUT2D eigenvalue weighted by Crippen LogP contribution is -2.49. The van der Waals surface area contributed by atoms with Crippen molar-refractivity contribution in [3.05, 3.63) is 52.7 Å². The largest absolute Gasteiger partial charge is 0.353 e. The summed E-state index contributed by atoms with van der Waals surface area (Å²) in [5.41, 5.74) is 2.52. The average Bonchev–Trinajstić information content (AvgIpc) is 2.75. The first-order valence-corrected chi connectivity index (χ1v) is 10.6. The molecule has 0 bridgehead atoms. The maximum absolute atomic E-state index is 14.3. The summed E-state index contributed by atoms with van der Waals surface area (Å²) in [6.45, 7) is 11.0. The van der Waals surface area contributed by atoms with E-state index in [9.17, 15) is 9.18 Å². The summed E-state index contributed by atoms with van der Waals surface area (Å²) >= 11 is 0. The van der Waals surface area contributed by atoms with Crippen LogP contribution in [0.3, 0.4) is 0 Å². The third-order valence-corrected chi connectivity index (χ3v) is 5.82. The molecule has 1 amide bonds. The molecule has 2 heterocycles. The fraction of sp³-hybridized carbons (Fsp3) is 0.522. The van der Waals surface area contributed by atoms with Gasteiger partial charge in [0.15, 0.2) is 0 Å². The van der Waals surface area contributed by atoms with Gasteiger partial charge in [0.05, 0.1) is 0 Å². The normalized spacial score (nSPS) is 15.5. The molecule has 1 saturated heterocycles. The van der Waals surface area contributed by atoms with Crippen molar-refractivity contribution in [3.63, 3.8) is 0 Å². The molecule has 1 atom stereocenters. The first-order valence-electron chi connectivity index (χ1n) is 10.6. The van der Waals surface area contributed by atoms with Gasteiger partial charge in [-0.2, -0.15) is 0 Å². The molecular formula is C23H31FN4O. The first-order chi connectivity index (χ1) is 13.9. The standard InChI is InChI=1S/C23H31FN4O/c1-5-16(3)22-25-17(4)19(15-18-9-7-8-10-20(18)24)23(26-22)28-13-11-27(12-14-28)21(29)6-2/h7-10,16H,5-6,11-15H2,1-4H3/t16-/m0/s1. The Morgan fingerprint density at radius 1 is 1.14 bits per heavy atom. The second-order valence-electron chi connectivity index (χ2n) is 7.77. The molecule has 0 spiro atoms. The Kier molecular flexibility index (Phi) is 6.83. The number of hydrogen-bond donors (Lipinski definition) is 0. The zero-order valence-corrected chi connectivity index (χ0v) is 17.9. The number of aromatic nitrogens is 2. The molecule has 3 rings (SSSR count). The number of anilines is 1. The molecule has 0 aliphatic carbocycles. The quantitative estimate of drug-likeness (QED) is 0.735. The molecule has 156 valence electrons. The Morgan fingerprint density at radius 3 is 2.45 bits per heavy atom. The Balaban J connectivity index is 1.95. The summed E-state index contributed by atoms with van der Waals surface area (Å²) in [6, 6.07) is 6.88. The van der Waals surface area contributed by atoms with Gasteiger partial charge in [-0.3, -0.25) is 4.79 Å². The topological polar surface area (TPSA) is 49.3 Å². The lowest BCUT2D eigenvalue weighted by Gasteiger charge is -2.36.